The van der Waals surface area contributed by atoms with Crippen LogP contribution in [0.1, 0.15) is 28.8 Å². The van der Waals surface area contributed by atoms with Crippen molar-refractivity contribution in [1.29, 1.82) is 0 Å². The van der Waals surface area contributed by atoms with Gasteiger partial charge in [-0.3, -0.25) is 4.68 Å². The molecule has 3 aromatic heterocycles. The summed E-state index contributed by atoms with van der Waals surface area (Å²) >= 11 is 0. The first-order valence-electron chi connectivity index (χ1n) is 9.00. The number of ether oxygens (including phenoxy) is 1. The summed E-state index contributed by atoms with van der Waals surface area (Å²) in [6.45, 7) is 4.39. The van der Waals surface area contributed by atoms with Gasteiger partial charge < -0.3 is 4.74 Å². The number of carbonyl (C=O) groups is 1. The van der Waals surface area contributed by atoms with Gasteiger partial charge in [0.1, 0.15) is 5.82 Å². The largest absolute Gasteiger partial charge is 0.461 e. The van der Waals surface area contributed by atoms with Crippen LogP contribution in [0.5, 0.6) is 0 Å². The fraction of sp³-hybridized carbons (Fsp3) is 0.190. The average molecular weight is 378 g/mol. The fourth-order valence-corrected chi connectivity index (χ4v) is 3.11. The highest BCUT2D eigenvalue weighted by molar-refractivity contribution is 5.87. The maximum atomic E-state index is 13.6. The second-order valence-electron chi connectivity index (χ2n) is 6.44. The zero-order valence-corrected chi connectivity index (χ0v) is 15.6. The molecule has 0 spiro atoms. The van der Waals surface area contributed by atoms with Gasteiger partial charge in [-0.05, 0) is 50.2 Å². The number of hydrogen-bond donors (Lipinski definition) is 0. The molecule has 0 N–H and O–H groups in total. The Bertz CT molecular complexity index is 1160. The Hall–Kier alpha value is -3.48. The summed E-state index contributed by atoms with van der Waals surface area (Å²) in [7, 11) is 0. The molecule has 0 aliphatic carbocycles. The fourth-order valence-electron chi connectivity index (χ4n) is 3.11. The molecule has 0 radical (unpaired) electrons. The highest BCUT2D eigenvalue weighted by atomic mass is 19.1. The molecule has 1 aromatic carbocycles. The van der Waals surface area contributed by atoms with E-state index in [0.29, 0.717) is 18.8 Å². The van der Waals surface area contributed by atoms with Crippen LogP contribution in [0, 0.1) is 12.7 Å². The van der Waals surface area contributed by atoms with E-state index >= 15 is 0 Å². The predicted octanol–water partition coefficient (Wildman–Crippen LogP) is 3.87. The second kappa shape index (κ2) is 7.26. The Morgan fingerprint density at radius 3 is 2.71 bits per heavy atom. The molecule has 0 atom stereocenters. The highest BCUT2D eigenvalue weighted by Gasteiger charge is 2.15. The summed E-state index contributed by atoms with van der Waals surface area (Å²) in [6.07, 6.45) is 0. The molecule has 0 aliphatic rings. The van der Waals surface area contributed by atoms with Crippen molar-refractivity contribution < 1.29 is 13.9 Å². The van der Waals surface area contributed by atoms with E-state index in [1.165, 1.54) is 12.1 Å². The zero-order valence-electron chi connectivity index (χ0n) is 15.6. The second-order valence-corrected chi connectivity index (χ2v) is 6.44. The minimum absolute atomic E-state index is 0.285. The van der Waals surface area contributed by atoms with Crippen LogP contribution in [0.25, 0.3) is 16.8 Å². The van der Waals surface area contributed by atoms with Gasteiger partial charge in [-0.25, -0.2) is 13.7 Å². The van der Waals surface area contributed by atoms with Crippen LogP contribution in [0.3, 0.4) is 0 Å². The Kier molecular flexibility index (Phi) is 4.65. The van der Waals surface area contributed by atoms with Gasteiger partial charge in [0.2, 0.25) is 0 Å². The van der Waals surface area contributed by atoms with Crippen molar-refractivity contribution in [1.82, 2.24) is 19.4 Å². The number of carbonyl (C=O) groups excluding carboxylic acids is 1. The normalized spacial score (nSPS) is 11.1. The van der Waals surface area contributed by atoms with E-state index in [-0.39, 0.29) is 11.5 Å². The molecule has 4 aromatic rings. The Labute approximate surface area is 161 Å². The van der Waals surface area contributed by atoms with Crippen LogP contribution in [0.15, 0.2) is 54.6 Å². The lowest BCUT2D eigenvalue weighted by Crippen LogP contribution is -2.10. The average Bonchev–Trinajstić information content (AvgIpc) is 3.27. The predicted molar refractivity (Wildman–Crippen MR) is 103 cm³/mol. The van der Waals surface area contributed by atoms with Gasteiger partial charge in [0, 0.05) is 11.3 Å². The molecule has 0 aliphatic heterocycles. The van der Waals surface area contributed by atoms with Crippen molar-refractivity contribution >= 4 is 11.5 Å². The van der Waals surface area contributed by atoms with Gasteiger partial charge in [0.15, 0.2) is 5.69 Å². The minimum atomic E-state index is -0.435. The molecule has 7 heteroatoms. The first-order valence-corrected chi connectivity index (χ1v) is 9.00. The van der Waals surface area contributed by atoms with E-state index in [2.05, 4.69) is 10.2 Å². The van der Waals surface area contributed by atoms with E-state index in [9.17, 15) is 9.18 Å². The summed E-state index contributed by atoms with van der Waals surface area (Å²) in [5, 5.41) is 9.00. The number of rotatable bonds is 5. The van der Waals surface area contributed by atoms with Gasteiger partial charge in [-0.1, -0.05) is 18.2 Å². The SMILES string of the molecule is CCOC(=O)c1cc(C)n(Cc2cccc3cc(-c4cccc(F)c4)nn23)n1. The lowest BCUT2D eigenvalue weighted by atomic mass is 10.1. The minimum Gasteiger partial charge on any atom is -0.461 e. The molecule has 3 heterocycles. The Morgan fingerprint density at radius 1 is 1.11 bits per heavy atom. The number of pyridine rings is 1. The van der Waals surface area contributed by atoms with Crippen LogP contribution in [-0.4, -0.2) is 32.0 Å². The molecule has 0 amide bonds. The van der Waals surface area contributed by atoms with Crippen LogP contribution < -0.4 is 0 Å². The molecule has 4 rings (SSSR count). The van der Waals surface area contributed by atoms with Crippen molar-refractivity contribution in [2.75, 3.05) is 6.61 Å². The molecule has 0 saturated carbocycles. The summed E-state index contributed by atoms with van der Waals surface area (Å²) in [5.41, 5.74) is 4.32. The molecule has 6 nitrogen and oxygen atoms in total. The van der Waals surface area contributed by atoms with Gasteiger partial charge in [0.05, 0.1) is 30.1 Å². The van der Waals surface area contributed by atoms with Crippen molar-refractivity contribution in [3.8, 4) is 11.3 Å². The number of benzene rings is 1. The topological polar surface area (TPSA) is 61.4 Å². The van der Waals surface area contributed by atoms with Gasteiger partial charge in [-0.2, -0.15) is 10.2 Å². The lowest BCUT2D eigenvalue weighted by Gasteiger charge is -2.07. The third kappa shape index (κ3) is 3.38. The van der Waals surface area contributed by atoms with Gasteiger partial charge >= 0.3 is 5.97 Å². The third-order valence-electron chi connectivity index (χ3n) is 4.46. The van der Waals surface area contributed by atoms with E-state index < -0.39 is 5.97 Å². The van der Waals surface area contributed by atoms with Gasteiger partial charge in [0.25, 0.3) is 0 Å². The van der Waals surface area contributed by atoms with E-state index in [1.807, 2.05) is 41.8 Å². The van der Waals surface area contributed by atoms with Crippen molar-refractivity contribution in [3.05, 3.63) is 77.5 Å². The van der Waals surface area contributed by atoms with Crippen LogP contribution >= 0.6 is 0 Å². The van der Waals surface area contributed by atoms with E-state index in [0.717, 1.165) is 22.5 Å². The first-order chi connectivity index (χ1) is 13.5. The monoisotopic (exact) mass is 378 g/mol. The molecule has 0 bridgehead atoms. The molecular formula is C21H19FN4O2. The Morgan fingerprint density at radius 2 is 1.93 bits per heavy atom. The number of fused-ring (bicyclic) bond motifs is 1. The number of esters is 1. The van der Waals surface area contributed by atoms with Crippen molar-refractivity contribution in [2.24, 2.45) is 0 Å². The number of hydrogen-bond acceptors (Lipinski definition) is 4. The summed E-state index contributed by atoms with van der Waals surface area (Å²) in [4.78, 5) is 11.9. The summed E-state index contributed by atoms with van der Waals surface area (Å²) < 4.78 is 22.1. The zero-order chi connectivity index (χ0) is 19.7. The molecule has 0 unspecified atom stereocenters. The van der Waals surface area contributed by atoms with E-state index in [1.54, 1.807) is 23.7 Å². The smallest absolute Gasteiger partial charge is 0.358 e. The lowest BCUT2D eigenvalue weighted by molar-refractivity contribution is 0.0518. The number of nitrogens with zero attached hydrogens (tertiary/aromatic N) is 4. The molecule has 28 heavy (non-hydrogen) atoms. The highest BCUT2D eigenvalue weighted by Crippen LogP contribution is 2.22. The molecular weight excluding hydrogens is 359 g/mol. The van der Waals surface area contributed by atoms with Crippen LogP contribution in [0.2, 0.25) is 0 Å². The van der Waals surface area contributed by atoms with Crippen molar-refractivity contribution in [3.63, 3.8) is 0 Å². The molecule has 0 fully saturated rings. The summed E-state index contributed by atoms with van der Waals surface area (Å²) in [5.74, 6) is -0.733. The molecule has 0 saturated heterocycles. The third-order valence-corrected chi connectivity index (χ3v) is 4.46. The quantitative estimate of drug-likeness (QED) is 0.495. The van der Waals surface area contributed by atoms with Crippen molar-refractivity contribution in [2.45, 2.75) is 20.4 Å². The molecule has 142 valence electrons. The van der Waals surface area contributed by atoms with Crippen LogP contribution in [-0.2, 0) is 11.3 Å². The van der Waals surface area contributed by atoms with Gasteiger partial charge in [-0.15, -0.1) is 0 Å². The number of aryl methyl sites for hydroxylation is 1. The Balaban J connectivity index is 1.69. The first kappa shape index (κ1) is 17.9. The number of aromatic nitrogens is 4. The van der Waals surface area contributed by atoms with Crippen LogP contribution in [0.4, 0.5) is 4.39 Å². The standard InChI is InChI=1S/C21H19FN4O2/c1-3-28-21(27)20-10-14(2)25(23-20)13-18-9-5-8-17-12-19(24-26(17)18)15-6-4-7-16(22)11-15/h4-12H,3,13H2,1-2H3. The maximum Gasteiger partial charge on any atom is 0.358 e. The van der Waals surface area contributed by atoms with E-state index in [4.69, 9.17) is 4.74 Å². The number of halogens is 1. The maximum absolute atomic E-state index is 13.6. The summed E-state index contributed by atoms with van der Waals surface area (Å²) in [6, 6.07) is 15.8.